The maximum atomic E-state index is 12.1. The van der Waals surface area contributed by atoms with E-state index in [2.05, 4.69) is 38.2 Å². The SMILES string of the molecule is CCCCCCCCCCCCCCCCC(=O)Nc1c(C)cccc1C. The maximum absolute atomic E-state index is 12.1. The number of rotatable bonds is 16. The molecule has 0 radical (unpaired) electrons. The average molecular weight is 374 g/mol. The summed E-state index contributed by atoms with van der Waals surface area (Å²) in [4.78, 5) is 12.1. The summed E-state index contributed by atoms with van der Waals surface area (Å²) in [6, 6.07) is 6.14. The van der Waals surface area contributed by atoms with Crippen molar-refractivity contribution < 1.29 is 4.79 Å². The summed E-state index contributed by atoms with van der Waals surface area (Å²) in [5.74, 6) is 0.159. The molecule has 2 heteroatoms. The second-order valence-electron chi connectivity index (χ2n) is 8.16. The number of hydrogen-bond acceptors (Lipinski definition) is 1. The Hall–Kier alpha value is -1.31. The number of aryl methyl sites for hydroxylation is 2. The smallest absolute Gasteiger partial charge is 0.224 e. The number of anilines is 1. The van der Waals surface area contributed by atoms with Crippen molar-refractivity contribution in [1.29, 1.82) is 0 Å². The van der Waals surface area contributed by atoms with Gasteiger partial charge >= 0.3 is 0 Å². The molecule has 0 atom stereocenters. The van der Waals surface area contributed by atoms with E-state index >= 15 is 0 Å². The van der Waals surface area contributed by atoms with Crippen molar-refractivity contribution >= 4 is 11.6 Å². The first-order chi connectivity index (χ1) is 13.1. The van der Waals surface area contributed by atoms with Crippen LogP contribution in [0.15, 0.2) is 18.2 Å². The van der Waals surface area contributed by atoms with Crippen LogP contribution in [0.3, 0.4) is 0 Å². The van der Waals surface area contributed by atoms with E-state index in [0.717, 1.165) is 23.2 Å². The molecule has 2 nitrogen and oxygen atoms in total. The molecular formula is C25H43NO. The zero-order chi connectivity index (χ0) is 19.7. The van der Waals surface area contributed by atoms with E-state index in [1.165, 1.54) is 83.5 Å². The molecule has 1 N–H and O–H groups in total. The fraction of sp³-hybridized carbons (Fsp3) is 0.720. The minimum Gasteiger partial charge on any atom is -0.326 e. The predicted molar refractivity (Wildman–Crippen MR) is 119 cm³/mol. The van der Waals surface area contributed by atoms with E-state index in [1.807, 2.05) is 6.07 Å². The van der Waals surface area contributed by atoms with Gasteiger partial charge in [-0.3, -0.25) is 4.79 Å². The lowest BCUT2D eigenvalue weighted by Gasteiger charge is -2.11. The van der Waals surface area contributed by atoms with E-state index in [-0.39, 0.29) is 5.91 Å². The third-order valence-electron chi connectivity index (χ3n) is 5.50. The normalized spacial score (nSPS) is 10.9. The number of para-hydroxylation sites is 1. The summed E-state index contributed by atoms with van der Waals surface area (Å²) >= 11 is 0. The minimum atomic E-state index is 0.159. The number of hydrogen-bond donors (Lipinski definition) is 1. The van der Waals surface area contributed by atoms with Crippen LogP contribution in [0.25, 0.3) is 0 Å². The van der Waals surface area contributed by atoms with Gasteiger partial charge in [0.2, 0.25) is 5.91 Å². The van der Waals surface area contributed by atoms with Crippen LogP contribution in [-0.4, -0.2) is 5.91 Å². The average Bonchev–Trinajstić information content (AvgIpc) is 2.65. The van der Waals surface area contributed by atoms with Gasteiger partial charge in [0.1, 0.15) is 0 Å². The van der Waals surface area contributed by atoms with Crippen LogP contribution in [0.4, 0.5) is 5.69 Å². The lowest BCUT2D eigenvalue weighted by atomic mass is 10.0. The number of carbonyl (C=O) groups is 1. The third kappa shape index (κ3) is 11.9. The highest BCUT2D eigenvalue weighted by Gasteiger charge is 2.06. The topological polar surface area (TPSA) is 29.1 Å². The zero-order valence-corrected chi connectivity index (χ0v) is 18.2. The molecule has 154 valence electrons. The van der Waals surface area contributed by atoms with Gasteiger partial charge in [0.15, 0.2) is 0 Å². The fourth-order valence-corrected chi connectivity index (χ4v) is 3.69. The molecule has 0 saturated carbocycles. The summed E-state index contributed by atoms with van der Waals surface area (Å²) in [6.45, 7) is 6.38. The van der Waals surface area contributed by atoms with Crippen LogP contribution in [0.1, 0.15) is 114 Å². The Kier molecular flexibility index (Phi) is 13.8. The van der Waals surface area contributed by atoms with Crippen molar-refractivity contribution in [3.05, 3.63) is 29.3 Å². The Bertz CT molecular complexity index is 489. The van der Waals surface area contributed by atoms with E-state index in [4.69, 9.17) is 0 Å². The van der Waals surface area contributed by atoms with Crippen LogP contribution in [0.5, 0.6) is 0 Å². The van der Waals surface area contributed by atoms with Gasteiger partial charge in [-0.1, -0.05) is 109 Å². The molecule has 0 saturated heterocycles. The summed E-state index contributed by atoms with van der Waals surface area (Å²) in [6.07, 6.45) is 19.5. The van der Waals surface area contributed by atoms with Crippen molar-refractivity contribution in [3.63, 3.8) is 0 Å². The Balaban J connectivity index is 1.91. The molecule has 0 aliphatic rings. The molecule has 27 heavy (non-hydrogen) atoms. The van der Waals surface area contributed by atoms with Crippen molar-refractivity contribution in [1.82, 2.24) is 0 Å². The van der Waals surface area contributed by atoms with E-state index in [9.17, 15) is 4.79 Å². The Morgan fingerprint density at radius 1 is 0.704 bits per heavy atom. The first kappa shape index (κ1) is 23.7. The Morgan fingerprint density at radius 2 is 1.11 bits per heavy atom. The predicted octanol–water partition coefficient (Wildman–Crippen LogP) is 8.11. The van der Waals surface area contributed by atoms with E-state index in [1.54, 1.807) is 0 Å². The summed E-state index contributed by atoms with van der Waals surface area (Å²) < 4.78 is 0. The zero-order valence-electron chi connectivity index (χ0n) is 18.2. The van der Waals surface area contributed by atoms with Gasteiger partial charge in [0.25, 0.3) is 0 Å². The summed E-state index contributed by atoms with van der Waals surface area (Å²) in [5, 5.41) is 3.09. The molecule has 0 aliphatic carbocycles. The number of benzene rings is 1. The van der Waals surface area contributed by atoms with Gasteiger partial charge in [-0.05, 0) is 31.4 Å². The van der Waals surface area contributed by atoms with Crippen LogP contribution in [0, 0.1) is 13.8 Å². The first-order valence-electron chi connectivity index (χ1n) is 11.5. The number of amides is 1. The molecule has 1 amide bonds. The fourth-order valence-electron chi connectivity index (χ4n) is 3.69. The molecule has 0 aliphatic heterocycles. The monoisotopic (exact) mass is 373 g/mol. The highest BCUT2D eigenvalue weighted by Crippen LogP contribution is 2.20. The van der Waals surface area contributed by atoms with Gasteiger partial charge in [0.05, 0.1) is 0 Å². The largest absolute Gasteiger partial charge is 0.326 e. The number of unbranched alkanes of at least 4 members (excludes halogenated alkanes) is 13. The van der Waals surface area contributed by atoms with Crippen molar-refractivity contribution in [2.75, 3.05) is 5.32 Å². The molecular weight excluding hydrogens is 330 g/mol. The van der Waals surface area contributed by atoms with Gasteiger partial charge < -0.3 is 5.32 Å². The number of carbonyl (C=O) groups excluding carboxylic acids is 1. The van der Waals surface area contributed by atoms with Crippen molar-refractivity contribution in [2.24, 2.45) is 0 Å². The minimum absolute atomic E-state index is 0.159. The Morgan fingerprint density at radius 3 is 1.56 bits per heavy atom. The second-order valence-corrected chi connectivity index (χ2v) is 8.16. The lowest BCUT2D eigenvalue weighted by molar-refractivity contribution is -0.116. The molecule has 0 unspecified atom stereocenters. The molecule has 0 heterocycles. The van der Waals surface area contributed by atoms with Crippen molar-refractivity contribution in [3.8, 4) is 0 Å². The van der Waals surface area contributed by atoms with Crippen LogP contribution in [0.2, 0.25) is 0 Å². The highest BCUT2D eigenvalue weighted by molar-refractivity contribution is 5.92. The molecule has 0 fully saturated rings. The van der Waals surface area contributed by atoms with Gasteiger partial charge in [0, 0.05) is 12.1 Å². The quantitative estimate of drug-likeness (QED) is 0.291. The van der Waals surface area contributed by atoms with E-state index in [0.29, 0.717) is 6.42 Å². The van der Waals surface area contributed by atoms with E-state index < -0.39 is 0 Å². The molecule has 0 bridgehead atoms. The van der Waals surface area contributed by atoms with Gasteiger partial charge in [-0.15, -0.1) is 0 Å². The maximum Gasteiger partial charge on any atom is 0.224 e. The molecule has 1 aromatic rings. The molecule has 1 rings (SSSR count). The standard InChI is InChI=1S/C25H43NO/c1-4-5-6-7-8-9-10-11-12-13-14-15-16-17-21-24(27)26-25-22(2)19-18-20-23(25)3/h18-20H,4-17,21H2,1-3H3,(H,26,27). The second kappa shape index (κ2) is 15.7. The molecule has 0 spiro atoms. The molecule has 0 aromatic heterocycles. The van der Waals surface area contributed by atoms with Crippen molar-refractivity contribution in [2.45, 2.75) is 117 Å². The third-order valence-corrected chi connectivity index (χ3v) is 5.50. The Labute approximate surface area is 168 Å². The van der Waals surface area contributed by atoms with Crippen LogP contribution in [-0.2, 0) is 4.79 Å². The number of nitrogens with one attached hydrogen (secondary N) is 1. The molecule has 1 aromatic carbocycles. The van der Waals surface area contributed by atoms with Crippen LogP contribution >= 0.6 is 0 Å². The summed E-state index contributed by atoms with van der Waals surface area (Å²) in [5.41, 5.74) is 3.28. The first-order valence-corrected chi connectivity index (χ1v) is 11.5. The van der Waals surface area contributed by atoms with Crippen LogP contribution < -0.4 is 5.32 Å². The van der Waals surface area contributed by atoms with Gasteiger partial charge in [-0.2, -0.15) is 0 Å². The summed E-state index contributed by atoms with van der Waals surface area (Å²) in [7, 11) is 0. The highest BCUT2D eigenvalue weighted by atomic mass is 16.1. The lowest BCUT2D eigenvalue weighted by Crippen LogP contribution is -2.13. The van der Waals surface area contributed by atoms with Gasteiger partial charge in [-0.25, -0.2) is 0 Å².